The summed E-state index contributed by atoms with van der Waals surface area (Å²) in [5, 5.41) is 11.6. The summed E-state index contributed by atoms with van der Waals surface area (Å²) in [6.45, 7) is 5.02. The average molecular weight is 315 g/mol. The van der Waals surface area contributed by atoms with Crippen LogP contribution < -0.4 is 0 Å². The van der Waals surface area contributed by atoms with Crippen LogP contribution in [0.3, 0.4) is 0 Å². The van der Waals surface area contributed by atoms with E-state index >= 15 is 0 Å². The first-order valence-electron chi connectivity index (χ1n) is 7.67. The van der Waals surface area contributed by atoms with Gasteiger partial charge < -0.3 is 5.11 Å². The van der Waals surface area contributed by atoms with Crippen molar-refractivity contribution in [3.63, 3.8) is 0 Å². The number of benzene rings is 1. The Morgan fingerprint density at radius 1 is 1.27 bits per heavy atom. The van der Waals surface area contributed by atoms with Crippen LogP contribution in [0, 0.1) is 13.8 Å². The second-order valence-electron chi connectivity index (χ2n) is 6.02. The fourth-order valence-corrected chi connectivity index (χ4v) is 4.34. The molecule has 0 bridgehead atoms. The van der Waals surface area contributed by atoms with Gasteiger partial charge in [0.2, 0.25) is 0 Å². The number of nitrogens with zero attached hydrogens (tertiary/aromatic N) is 1. The van der Waals surface area contributed by atoms with Crippen LogP contribution in [0.15, 0.2) is 35.7 Å². The van der Waals surface area contributed by atoms with Gasteiger partial charge in [-0.05, 0) is 49.3 Å². The smallest absolute Gasteiger partial charge is 0.320 e. The number of rotatable bonds is 4. The van der Waals surface area contributed by atoms with Crippen LogP contribution in [0.2, 0.25) is 0 Å². The summed E-state index contributed by atoms with van der Waals surface area (Å²) >= 11 is 1.72. The number of carboxylic acids is 1. The molecule has 2 atom stereocenters. The summed E-state index contributed by atoms with van der Waals surface area (Å²) in [7, 11) is 0. The number of likely N-dealkylation sites (tertiary alicyclic amines) is 1. The van der Waals surface area contributed by atoms with E-state index < -0.39 is 5.97 Å². The van der Waals surface area contributed by atoms with Crippen LogP contribution in [0.1, 0.15) is 40.5 Å². The molecule has 1 aliphatic rings. The second kappa shape index (κ2) is 6.23. The van der Waals surface area contributed by atoms with E-state index in [4.69, 9.17) is 0 Å². The standard InChI is InChI=1S/C18H21NO2S/c1-12-5-7-14(8-6-12)16(17-13(2)9-11-22-17)19-10-3-4-15(19)18(20)21/h5-9,11,15-16H,3-4,10H2,1-2H3,(H,20,21). The number of aliphatic carboxylic acids is 1. The van der Waals surface area contributed by atoms with Gasteiger partial charge in [-0.2, -0.15) is 0 Å². The van der Waals surface area contributed by atoms with Crippen molar-refractivity contribution in [2.75, 3.05) is 6.54 Å². The molecule has 2 unspecified atom stereocenters. The lowest BCUT2D eigenvalue weighted by molar-refractivity contribution is -0.142. The van der Waals surface area contributed by atoms with E-state index in [2.05, 4.69) is 54.5 Å². The summed E-state index contributed by atoms with van der Waals surface area (Å²) in [6.07, 6.45) is 1.69. The van der Waals surface area contributed by atoms with Gasteiger partial charge in [0.15, 0.2) is 0 Å². The highest BCUT2D eigenvalue weighted by Crippen LogP contribution is 2.38. The molecule has 4 heteroatoms. The van der Waals surface area contributed by atoms with Crippen molar-refractivity contribution in [3.05, 3.63) is 57.3 Å². The van der Waals surface area contributed by atoms with Crippen LogP contribution in [-0.4, -0.2) is 28.6 Å². The number of hydrogen-bond acceptors (Lipinski definition) is 3. The Balaban J connectivity index is 2.05. The summed E-state index contributed by atoms with van der Waals surface area (Å²) in [5.41, 5.74) is 3.65. The molecule has 1 N–H and O–H groups in total. The highest BCUT2D eigenvalue weighted by atomic mass is 32.1. The van der Waals surface area contributed by atoms with Gasteiger partial charge in [-0.1, -0.05) is 29.8 Å². The summed E-state index contributed by atoms with van der Waals surface area (Å²) < 4.78 is 0. The topological polar surface area (TPSA) is 40.5 Å². The lowest BCUT2D eigenvalue weighted by atomic mass is 9.99. The first-order chi connectivity index (χ1) is 10.6. The number of thiophene rings is 1. The lowest BCUT2D eigenvalue weighted by Crippen LogP contribution is -2.39. The molecule has 3 nitrogen and oxygen atoms in total. The molecular formula is C18H21NO2S. The van der Waals surface area contributed by atoms with Crippen molar-refractivity contribution in [1.82, 2.24) is 4.90 Å². The van der Waals surface area contributed by atoms with Gasteiger partial charge in [-0.25, -0.2) is 0 Å². The SMILES string of the molecule is Cc1ccc(C(c2sccc2C)N2CCCC2C(=O)O)cc1. The van der Waals surface area contributed by atoms with Gasteiger partial charge in [0.05, 0.1) is 6.04 Å². The van der Waals surface area contributed by atoms with Crippen LogP contribution in [0.4, 0.5) is 0 Å². The molecule has 22 heavy (non-hydrogen) atoms. The number of hydrogen-bond donors (Lipinski definition) is 1. The molecule has 1 aromatic carbocycles. The molecule has 0 amide bonds. The predicted octanol–water partition coefficient (Wildman–Crippen LogP) is 4.00. The molecule has 2 heterocycles. The number of carboxylic acid groups (broad SMARTS) is 1. The molecule has 1 fully saturated rings. The molecule has 0 spiro atoms. The van der Waals surface area contributed by atoms with Crippen molar-refractivity contribution >= 4 is 17.3 Å². The minimum Gasteiger partial charge on any atom is -0.480 e. The van der Waals surface area contributed by atoms with Crippen molar-refractivity contribution < 1.29 is 9.90 Å². The molecule has 3 rings (SSSR count). The van der Waals surface area contributed by atoms with E-state index in [1.807, 2.05) is 0 Å². The normalized spacial score (nSPS) is 20.2. The third-order valence-corrected chi connectivity index (χ3v) is 5.53. The Bertz CT molecular complexity index is 662. The molecule has 0 saturated carbocycles. The molecular weight excluding hydrogens is 294 g/mol. The Kier molecular flexibility index (Phi) is 4.32. The van der Waals surface area contributed by atoms with Gasteiger partial charge in [-0.3, -0.25) is 9.69 Å². The molecule has 0 aliphatic carbocycles. The predicted molar refractivity (Wildman–Crippen MR) is 89.4 cm³/mol. The molecule has 0 radical (unpaired) electrons. The summed E-state index contributed by atoms with van der Waals surface area (Å²) in [4.78, 5) is 15.0. The first kappa shape index (κ1) is 15.3. The van der Waals surface area contributed by atoms with Gasteiger partial charge in [0.25, 0.3) is 0 Å². The maximum Gasteiger partial charge on any atom is 0.320 e. The maximum atomic E-state index is 11.6. The molecule has 1 aromatic heterocycles. The highest BCUT2D eigenvalue weighted by Gasteiger charge is 2.37. The number of aryl methyl sites for hydroxylation is 2. The van der Waals surface area contributed by atoms with Gasteiger partial charge in [0.1, 0.15) is 6.04 Å². The fraction of sp³-hybridized carbons (Fsp3) is 0.389. The maximum absolute atomic E-state index is 11.6. The van der Waals surface area contributed by atoms with Crippen molar-refractivity contribution in [2.45, 2.75) is 38.8 Å². The second-order valence-corrected chi connectivity index (χ2v) is 6.96. The van der Waals surface area contributed by atoms with Crippen molar-refractivity contribution in [1.29, 1.82) is 0 Å². The zero-order valence-electron chi connectivity index (χ0n) is 13.0. The third-order valence-electron chi connectivity index (χ3n) is 4.45. The van der Waals surface area contributed by atoms with E-state index in [0.717, 1.165) is 19.4 Å². The monoisotopic (exact) mass is 315 g/mol. The average Bonchev–Trinajstić information content (AvgIpc) is 3.12. The Labute approximate surface area is 135 Å². The lowest BCUT2D eigenvalue weighted by Gasteiger charge is -2.31. The van der Waals surface area contributed by atoms with E-state index in [0.29, 0.717) is 0 Å². The highest BCUT2D eigenvalue weighted by molar-refractivity contribution is 7.10. The number of carbonyl (C=O) groups is 1. The fourth-order valence-electron chi connectivity index (χ4n) is 3.27. The zero-order chi connectivity index (χ0) is 15.7. The van der Waals surface area contributed by atoms with Crippen LogP contribution in [0.5, 0.6) is 0 Å². The molecule has 116 valence electrons. The van der Waals surface area contributed by atoms with Crippen LogP contribution in [-0.2, 0) is 4.79 Å². The summed E-state index contributed by atoms with van der Waals surface area (Å²) in [5.74, 6) is -0.705. The van der Waals surface area contributed by atoms with Gasteiger partial charge >= 0.3 is 5.97 Å². The van der Waals surface area contributed by atoms with Crippen LogP contribution >= 0.6 is 11.3 Å². The van der Waals surface area contributed by atoms with E-state index in [1.54, 1.807) is 11.3 Å². The van der Waals surface area contributed by atoms with Crippen LogP contribution in [0.25, 0.3) is 0 Å². The third kappa shape index (κ3) is 2.81. The quantitative estimate of drug-likeness (QED) is 0.927. The van der Waals surface area contributed by atoms with E-state index in [1.165, 1.54) is 21.6 Å². The van der Waals surface area contributed by atoms with Crippen molar-refractivity contribution in [2.24, 2.45) is 0 Å². The Hall–Kier alpha value is -1.65. The summed E-state index contributed by atoms with van der Waals surface area (Å²) in [6, 6.07) is 10.3. The van der Waals surface area contributed by atoms with Crippen molar-refractivity contribution in [3.8, 4) is 0 Å². The molecule has 2 aromatic rings. The minimum absolute atomic E-state index is 0.0456. The Morgan fingerprint density at radius 3 is 2.59 bits per heavy atom. The van der Waals surface area contributed by atoms with Gasteiger partial charge in [0, 0.05) is 11.4 Å². The van der Waals surface area contributed by atoms with E-state index in [-0.39, 0.29) is 12.1 Å². The minimum atomic E-state index is -0.705. The Morgan fingerprint density at radius 2 is 2.00 bits per heavy atom. The first-order valence-corrected chi connectivity index (χ1v) is 8.55. The molecule has 1 saturated heterocycles. The van der Waals surface area contributed by atoms with Gasteiger partial charge in [-0.15, -0.1) is 11.3 Å². The zero-order valence-corrected chi connectivity index (χ0v) is 13.8. The molecule has 1 aliphatic heterocycles. The largest absolute Gasteiger partial charge is 0.480 e. The van der Waals surface area contributed by atoms with E-state index in [9.17, 15) is 9.90 Å².